The van der Waals surface area contributed by atoms with Gasteiger partial charge in [-0.2, -0.15) is 0 Å². The van der Waals surface area contributed by atoms with Gasteiger partial charge in [-0.3, -0.25) is 4.79 Å². The van der Waals surface area contributed by atoms with Crippen molar-refractivity contribution in [1.82, 2.24) is 4.98 Å². The van der Waals surface area contributed by atoms with Crippen LogP contribution in [0.25, 0.3) is 22.4 Å². The summed E-state index contributed by atoms with van der Waals surface area (Å²) in [4.78, 5) is 15.4. The molecule has 0 spiro atoms. The van der Waals surface area contributed by atoms with Gasteiger partial charge in [0.15, 0.2) is 16.6 Å². The third-order valence-electron chi connectivity index (χ3n) is 2.48. The zero-order chi connectivity index (χ0) is 11.8. The van der Waals surface area contributed by atoms with Crippen LogP contribution >= 0.6 is 11.3 Å². The lowest BCUT2D eigenvalue weighted by Gasteiger charge is -1.87. The molecule has 0 bridgehead atoms. The van der Waals surface area contributed by atoms with E-state index in [1.165, 1.54) is 18.3 Å². The van der Waals surface area contributed by atoms with E-state index < -0.39 is 0 Å². The van der Waals surface area contributed by atoms with Crippen LogP contribution in [0.1, 0.15) is 16.7 Å². The Morgan fingerprint density at radius 3 is 2.88 bits per heavy atom. The molecule has 0 saturated heterocycles. The van der Waals surface area contributed by atoms with Gasteiger partial charge in [-0.15, -0.1) is 11.3 Å². The number of carbonyl (C=O) groups excluding carboxylic acids is 1. The topological polar surface area (TPSA) is 43.1 Å². The molecular formula is C13H9NO2S. The zero-order valence-corrected chi connectivity index (χ0v) is 9.95. The van der Waals surface area contributed by atoms with E-state index in [1.54, 1.807) is 0 Å². The number of furan rings is 1. The van der Waals surface area contributed by atoms with E-state index in [-0.39, 0.29) is 5.78 Å². The molecule has 3 rings (SSSR count). The van der Waals surface area contributed by atoms with Crippen molar-refractivity contribution in [3.63, 3.8) is 0 Å². The Hall–Kier alpha value is -1.94. The van der Waals surface area contributed by atoms with Crippen LogP contribution < -0.4 is 0 Å². The summed E-state index contributed by atoms with van der Waals surface area (Å²) in [5.41, 5.74) is 1.55. The van der Waals surface area contributed by atoms with Crippen LogP contribution in [0.5, 0.6) is 0 Å². The lowest BCUT2D eigenvalue weighted by molar-refractivity contribution is 0.101. The lowest BCUT2D eigenvalue weighted by atomic mass is 10.2. The summed E-state index contributed by atoms with van der Waals surface area (Å²) in [6, 6.07) is 9.73. The Labute approximate surface area is 102 Å². The van der Waals surface area contributed by atoms with Gasteiger partial charge in [-0.1, -0.05) is 18.2 Å². The Kier molecular flexibility index (Phi) is 2.30. The minimum atomic E-state index is -0.0163. The smallest absolute Gasteiger partial charge is 0.188 e. The number of hydrogen-bond acceptors (Lipinski definition) is 4. The monoisotopic (exact) mass is 243 g/mol. The highest BCUT2D eigenvalue weighted by Crippen LogP contribution is 2.28. The molecule has 0 saturated carbocycles. The van der Waals surface area contributed by atoms with E-state index in [4.69, 9.17) is 4.42 Å². The number of thiazole rings is 1. The first kappa shape index (κ1) is 10.2. The number of benzene rings is 1. The Morgan fingerprint density at radius 2 is 2.18 bits per heavy atom. The van der Waals surface area contributed by atoms with Crippen LogP contribution in [0.3, 0.4) is 0 Å². The fourth-order valence-corrected chi connectivity index (χ4v) is 2.37. The van der Waals surface area contributed by atoms with Gasteiger partial charge in [-0.05, 0) is 12.1 Å². The molecule has 3 nitrogen and oxygen atoms in total. The standard InChI is InChI=1S/C13H9NO2S/c1-8(15)13-14-10(7-17-13)12-6-9-4-2-3-5-11(9)16-12/h2-7H,1H3. The van der Waals surface area contributed by atoms with E-state index >= 15 is 0 Å². The van der Waals surface area contributed by atoms with Crippen molar-refractivity contribution in [1.29, 1.82) is 0 Å². The summed E-state index contributed by atoms with van der Waals surface area (Å²) in [7, 11) is 0. The Balaban J connectivity index is 2.10. The maximum atomic E-state index is 11.2. The third kappa shape index (κ3) is 1.76. The van der Waals surface area contributed by atoms with Gasteiger partial charge in [0, 0.05) is 17.7 Å². The highest BCUT2D eigenvalue weighted by Gasteiger charge is 2.11. The SMILES string of the molecule is CC(=O)c1nc(-c2cc3ccccc3o2)cs1. The number of para-hydroxylation sites is 1. The fourth-order valence-electron chi connectivity index (χ4n) is 1.66. The summed E-state index contributed by atoms with van der Waals surface area (Å²) >= 11 is 1.34. The predicted molar refractivity (Wildman–Crippen MR) is 67.3 cm³/mol. The summed E-state index contributed by atoms with van der Waals surface area (Å²) in [5.74, 6) is 0.687. The third-order valence-corrected chi connectivity index (χ3v) is 3.43. The summed E-state index contributed by atoms with van der Waals surface area (Å²) in [6.07, 6.45) is 0. The van der Waals surface area contributed by atoms with Gasteiger partial charge in [0.2, 0.25) is 0 Å². The quantitative estimate of drug-likeness (QED) is 0.643. The van der Waals surface area contributed by atoms with Gasteiger partial charge in [-0.25, -0.2) is 4.98 Å². The minimum Gasteiger partial charge on any atom is -0.454 e. The summed E-state index contributed by atoms with van der Waals surface area (Å²) in [5, 5.41) is 3.40. The lowest BCUT2D eigenvalue weighted by Crippen LogP contribution is -1.89. The van der Waals surface area contributed by atoms with Crippen molar-refractivity contribution in [3.05, 3.63) is 40.7 Å². The molecule has 0 radical (unpaired) electrons. The first-order chi connectivity index (χ1) is 8.24. The maximum Gasteiger partial charge on any atom is 0.188 e. The summed E-state index contributed by atoms with van der Waals surface area (Å²) < 4.78 is 5.68. The maximum absolute atomic E-state index is 11.2. The molecule has 0 amide bonds. The van der Waals surface area contributed by atoms with Gasteiger partial charge in [0.25, 0.3) is 0 Å². The number of rotatable bonds is 2. The molecule has 17 heavy (non-hydrogen) atoms. The number of hydrogen-bond donors (Lipinski definition) is 0. The van der Waals surface area contributed by atoms with Crippen LogP contribution in [0.4, 0.5) is 0 Å². The van der Waals surface area contributed by atoms with Crippen molar-refractivity contribution in [2.24, 2.45) is 0 Å². The second kappa shape index (κ2) is 3.82. The highest BCUT2D eigenvalue weighted by molar-refractivity contribution is 7.12. The van der Waals surface area contributed by atoms with Gasteiger partial charge < -0.3 is 4.42 Å². The highest BCUT2D eigenvalue weighted by atomic mass is 32.1. The van der Waals surface area contributed by atoms with Gasteiger partial charge in [0.1, 0.15) is 11.3 Å². The van der Waals surface area contributed by atoms with Crippen molar-refractivity contribution in [3.8, 4) is 11.5 Å². The number of ketones is 1. The number of aromatic nitrogens is 1. The average Bonchev–Trinajstić information content (AvgIpc) is 2.95. The van der Waals surface area contributed by atoms with Crippen LogP contribution in [-0.4, -0.2) is 10.8 Å². The first-order valence-electron chi connectivity index (χ1n) is 5.19. The molecule has 0 aliphatic heterocycles. The number of nitrogens with zero attached hydrogens (tertiary/aromatic N) is 1. The molecule has 0 aliphatic carbocycles. The molecule has 0 unspecified atom stereocenters. The van der Waals surface area contributed by atoms with Crippen molar-refractivity contribution in [2.75, 3.05) is 0 Å². The van der Waals surface area contributed by atoms with E-state index in [9.17, 15) is 4.79 Å². The predicted octanol–water partition coefficient (Wildman–Crippen LogP) is 3.76. The normalized spacial score (nSPS) is 10.9. The van der Waals surface area contributed by atoms with Crippen LogP contribution in [-0.2, 0) is 0 Å². The van der Waals surface area contributed by atoms with Crippen LogP contribution in [0.15, 0.2) is 40.1 Å². The number of Topliss-reactive ketones (excluding diaryl/α,β-unsaturated/α-hetero) is 1. The Bertz CT molecular complexity index is 663. The van der Waals surface area contributed by atoms with E-state index in [1.807, 2.05) is 35.7 Å². The second-order valence-electron chi connectivity index (χ2n) is 3.74. The van der Waals surface area contributed by atoms with Crippen molar-refractivity contribution >= 4 is 28.1 Å². The molecule has 0 fully saturated rings. The molecule has 2 aromatic heterocycles. The van der Waals surface area contributed by atoms with Crippen molar-refractivity contribution in [2.45, 2.75) is 6.92 Å². The molecule has 2 heterocycles. The molecule has 4 heteroatoms. The molecule has 0 N–H and O–H groups in total. The molecule has 0 atom stereocenters. The fraction of sp³-hybridized carbons (Fsp3) is 0.0769. The molecule has 0 aliphatic rings. The number of carbonyl (C=O) groups is 1. The molecule has 84 valence electrons. The molecule has 1 aromatic carbocycles. The number of fused-ring (bicyclic) bond motifs is 1. The van der Waals surface area contributed by atoms with Crippen molar-refractivity contribution < 1.29 is 9.21 Å². The average molecular weight is 243 g/mol. The van der Waals surface area contributed by atoms with Gasteiger partial charge >= 0.3 is 0 Å². The van der Waals surface area contributed by atoms with E-state index in [0.29, 0.717) is 10.8 Å². The van der Waals surface area contributed by atoms with E-state index in [2.05, 4.69) is 4.98 Å². The first-order valence-corrected chi connectivity index (χ1v) is 6.07. The van der Waals surface area contributed by atoms with Gasteiger partial charge in [0.05, 0.1) is 0 Å². The van der Waals surface area contributed by atoms with Crippen LogP contribution in [0, 0.1) is 0 Å². The summed E-state index contributed by atoms with van der Waals surface area (Å²) in [6.45, 7) is 1.52. The van der Waals surface area contributed by atoms with E-state index in [0.717, 1.165) is 16.7 Å². The molecule has 3 aromatic rings. The van der Waals surface area contributed by atoms with Crippen LogP contribution in [0.2, 0.25) is 0 Å². The largest absolute Gasteiger partial charge is 0.454 e. The molecular weight excluding hydrogens is 234 g/mol. The zero-order valence-electron chi connectivity index (χ0n) is 9.14. The minimum absolute atomic E-state index is 0.0163. The second-order valence-corrected chi connectivity index (χ2v) is 4.60. The Morgan fingerprint density at radius 1 is 1.35 bits per heavy atom.